The van der Waals surface area contributed by atoms with Gasteiger partial charge in [-0.15, -0.1) is 12.4 Å². The average Bonchev–Trinajstić information content (AvgIpc) is 2.66. The van der Waals surface area contributed by atoms with E-state index in [1.165, 1.54) is 11.0 Å². The van der Waals surface area contributed by atoms with Gasteiger partial charge in [-0.2, -0.15) is 13.2 Å². The molecule has 0 saturated carbocycles. The molecular formula is C16H15ClF3N3O2. The van der Waals surface area contributed by atoms with Gasteiger partial charge in [-0.25, -0.2) is 4.98 Å². The summed E-state index contributed by atoms with van der Waals surface area (Å²) in [5, 5.41) is 0. The van der Waals surface area contributed by atoms with E-state index >= 15 is 0 Å². The first kappa shape index (κ1) is 19.0. The van der Waals surface area contributed by atoms with E-state index < -0.39 is 11.7 Å². The van der Waals surface area contributed by atoms with Crippen LogP contribution in [0.3, 0.4) is 0 Å². The molecule has 5 nitrogen and oxygen atoms in total. The molecule has 0 atom stereocenters. The summed E-state index contributed by atoms with van der Waals surface area (Å²) in [6.07, 6.45) is -3.37. The smallest absolute Gasteiger partial charge is 0.418 e. The zero-order valence-corrected chi connectivity index (χ0v) is 13.7. The maximum atomic E-state index is 12.9. The Hall–Kier alpha value is -2.32. The molecule has 2 N–H and O–H groups in total. The summed E-state index contributed by atoms with van der Waals surface area (Å²) in [5.74, 6) is -0.247. The Morgan fingerprint density at radius 1 is 1.20 bits per heavy atom. The molecule has 25 heavy (non-hydrogen) atoms. The lowest BCUT2D eigenvalue weighted by molar-refractivity contribution is -0.137. The number of nitrogens with two attached hydrogens (primary N) is 1. The van der Waals surface area contributed by atoms with Gasteiger partial charge in [0.2, 0.25) is 0 Å². The van der Waals surface area contributed by atoms with E-state index in [0.29, 0.717) is 19.2 Å². The average molecular weight is 374 g/mol. The molecule has 0 saturated heterocycles. The van der Waals surface area contributed by atoms with Gasteiger partial charge in [0.15, 0.2) is 11.6 Å². The molecule has 1 amide bonds. The molecule has 9 heteroatoms. The standard InChI is InChI=1S/C16H14F3N3O2.ClH/c17-16(18,19)10-8-13-14(21-9-10)22(7-3-6-20)15(23)11-4-1-2-5-12(11)24-13;/h1-2,4-5,8-9H,3,6-7,20H2;1H. The fraction of sp³-hybridized carbons (Fsp3) is 0.250. The number of carbonyl (C=O) groups excluding carboxylic acids is 1. The number of carbonyl (C=O) groups is 1. The van der Waals surface area contributed by atoms with Crippen molar-refractivity contribution >= 4 is 24.1 Å². The fourth-order valence-electron chi connectivity index (χ4n) is 2.42. The second kappa shape index (κ2) is 7.28. The molecule has 0 fully saturated rings. The number of para-hydroxylation sites is 1. The zero-order chi connectivity index (χ0) is 17.3. The number of pyridine rings is 1. The molecule has 134 valence electrons. The molecular weight excluding hydrogens is 359 g/mol. The maximum Gasteiger partial charge on any atom is 0.418 e. The van der Waals surface area contributed by atoms with Crippen LogP contribution in [0.4, 0.5) is 19.0 Å². The van der Waals surface area contributed by atoms with Crippen molar-refractivity contribution in [3.05, 3.63) is 47.7 Å². The van der Waals surface area contributed by atoms with Crippen LogP contribution in [0.1, 0.15) is 22.3 Å². The lowest BCUT2D eigenvalue weighted by atomic mass is 10.1. The number of amides is 1. The van der Waals surface area contributed by atoms with Crippen LogP contribution in [0, 0.1) is 0 Å². The Kier molecular flexibility index (Phi) is 5.54. The van der Waals surface area contributed by atoms with Crippen LogP contribution >= 0.6 is 12.4 Å². The highest BCUT2D eigenvalue weighted by molar-refractivity contribution is 6.09. The van der Waals surface area contributed by atoms with Crippen molar-refractivity contribution in [1.29, 1.82) is 0 Å². The predicted octanol–water partition coefficient (Wildman–Crippen LogP) is 3.62. The number of ether oxygens (including phenoxy) is 1. The van der Waals surface area contributed by atoms with Gasteiger partial charge < -0.3 is 10.5 Å². The normalized spacial score (nSPS) is 13.3. The van der Waals surface area contributed by atoms with Gasteiger partial charge in [-0.05, 0) is 31.2 Å². The van der Waals surface area contributed by atoms with Crippen LogP contribution in [0.25, 0.3) is 0 Å². The molecule has 0 bridgehead atoms. The van der Waals surface area contributed by atoms with E-state index in [4.69, 9.17) is 10.5 Å². The second-order valence-electron chi connectivity index (χ2n) is 5.24. The van der Waals surface area contributed by atoms with Crippen molar-refractivity contribution in [2.75, 3.05) is 18.0 Å². The molecule has 0 aliphatic carbocycles. The Bertz CT molecular complexity index is 783. The number of fused-ring (bicyclic) bond motifs is 2. The molecule has 1 aromatic heterocycles. The van der Waals surface area contributed by atoms with Gasteiger partial charge in [0.1, 0.15) is 5.75 Å². The Labute approximate surface area is 148 Å². The zero-order valence-electron chi connectivity index (χ0n) is 12.9. The molecule has 2 aromatic rings. The quantitative estimate of drug-likeness (QED) is 0.892. The summed E-state index contributed by atoms with van der Waals surface area (Å²) in [6, 6.07) is 7.24. The summed E-state index contributed by atoms with van der Waals surface area (Å²) in [6.45, 7) is 0.570. The molecule has 3 rings (SSSR count). The third kappa shape index (κ3) is 3.69. The number of aromatic nitrogens is 1. The summed E-state index contributed by atoms with van der Waals surface area (Å²) in [4.78, 5) is 17.9. The monoisotopic (exact) mass is 373 g/mol. The SMILES string of the molecule is Cl.NCCCN1C(=O)c2ccccc2Oc2cc(C(F)(F)F)cnc21. The number of benzene rings is 1. The van der Waals surface area contributed by atoms with E-state index in [-0.39, 0.29) is 47.7 Å². The first-order valence-electron chi connectivity index (χ1n) is 7.28. The van der Waals surface area contributed by atoms with E-state index in [1.54, 1.807) is 18.2 Å². The Balaban J connectivity index is 0.00000225. The lowest BCUT2D eigenvalue weighted by Crippen LogP contribution is -2.33. The van der Waals surface area contributed by atoms with Crippen LogP contribution in [0.15, 0.2) is 36.5 Å². The minimum atomic E-state index is -4.55. The van der Waals surface area contributed by atoms with Crippen LogP contribution in [-0.2, 0) is 6.18 Å². The van der Waals surface area contributed by atoms with Gasteiger partial charge in [0.25, 0.3) is 5.91 Å². The molecule has 1 aromatic carbocycles. The maximum absolute atomic E-state index is 12.9. The van der Waals surface area contributed by atoms with Crippen LogP contribution in [0.2, 0.25) is 0 Å². The molecule has 0 spiro atoms. The summed E-state index contributed by atoms with van der Waals surface area (Å²) in [5.41, 5.74) is 4.81. The highest BCUT2D eigenvalue weighted by Gasteiger charge is 2.35. The van der Waals surface area contributed by atoms with Crippen molar-refractivity contribution in [3.8, 4) is 11.5 Å². The van der Waals surface area contributed by atoms with Crippen LogP contribution < -0.4 is 15.4 Å². The number of anilines is 1. The van der Waals surface area contributed by atoms with Crippen LogP contribution in [0.5, 0.6) is 11.5 Å². The third-order valence-corrected chi connectivity index (χ3v) is 3.58. The van der Waals surface area contributed by atoms with Crippen molar-refractivity contribution in [1.82, 2.24) is 4.98 Å². The van der Waals surface area contributed by atoms with Crippen molar-refractivity contribution in [2.24, 2.45) is 5.73 Å². The van der Waals surface area contributed by atoms with Gasteiger partial charge in [0, 0.05) is 12.7 Å². The molecule has 1 aliphatic heterocycles. The number of rotatable bonds is 3. The lowest BCUT2D eigenvalue weighted by Gasteiger charge is -2.21. The Morgan fingerprint density at radius 2 is 1.92 bits per heavy atom. The summed E-state index contributed by atoms with van der Waals surface area (Å²) in [7, 11) is 0. The van der Waals surface area contributed by atoms with Crippen LogP contribution in [-0.4, -0.2) is 24.0 Å². The minimum absolute atomic E-state index is 0. The van der Waals surface area contributed by atoms with Gasteiger partial charge >= 0.3 is 6.18 Å². The van der Waals surface area contributed by atoms with Gasteiger partial charge in [0.05, 0.1) is 11.1 Å². The van der Waals surface area contributed by atoms with E-state index in [2.05, 4.69) is 4.98 Å². The highest BCUT2D eigenvalue weighted by Crippen LogP contribution is 2.40. The number of nitrogens with zero attached hydrogens (tertiary/aromatic N) is 2. The van der Waals surface area contributed by atoms with E-state index in [0.717, 1.165) is 6.07 Å². The summed E-state index contributed by atoms with van der Waals surface area (Å²) >= 11 is 0. The molecule has 0 unspecified atom stereocenters. The number of alkyl halides is 3. The predicted molar refractivity (Wildman–Crippen MR) is 88.4 cm³/mol. The van der Waals surface area contributed by atoms with Gasteiger partial charge in [-0.1, -0.05) is 12.1 Å². The highest BCUT2D eigenvalue weighted by atomic mass is 35.5. The molecule has 1 aliphatic rings. The Morgan fingerprint density at radius 3 is 2.60 bits per heavy atom. The first-order valence-corrected chi connectivity index (χ1v) is 7.28. The molecule has 2 heterocycles. The van der Waals surface area contributed by atoms with E-state index in [1.807, 2.05) is 0 Å². The van der Waals surface area contributed by atoms with Crippen molar-refractivity contribution in [3.63, 3.8) is 0 Å². The van der Waals surface area contributed by atoms with Crippen molar-refractivity contribution < 1.29 is 22.7 Å². The van der Waals surface area contributed by atoms with E-state index in [9.17, 15) is 18.0 Å². The second-order valence-corrected chi connectivity index (χ2v) is 5.24. The fourth-order valence-corrected chi connectivity index (χ4v) is 2.42. The number of hydrogen-bond acceptors (Lipinski definition) is 4. The topological polar surface area (TPSA) is 68.5 Å². The summed E-state index contributed by atoms with van der Waals surface area (Å²) < 4.78 is 44.4. The largest absolute Gasteiger partial charge is 0.453 e. The first-order chi connectivity index (χ1) is 11.4. The minimum Gasteiger partial charge on any atom is -0.453 e. The van der Waals surface area contributed by atoms with Crippen molar-refractivity contribution in [2.45, 2.75) is 12.6 Å². The number of hydrogen-bond donors (Lipinski definition) is 1. The third-order valence-electron chi connectivity index (χ3n) is 3.58. The molecule has 0 radical (unpaired) electrons. The van der Waals surface area contributed by atoms with Gasteiger partial charge in [-0.3, -0.25) is 9.69 Å². The number of halogens is 4.